The van der Waals surface area contributed by atoms with Gasteiger partial charge in [0.15, 0.2) is 6.04 Å². The van der Waals surface area contributed by atoms with Crippen LogP contribution in [0.15, 0.2) is 120 Å². The van der Waals surface area contributed by atoms with Crippen LogP contribution in [0.4, 0.5) is 0 Å². The van der Waals surface area contributed by atoms with Gasteiger partial charge >= 0.3 is 0 Å². The molecule has 4 rings (SSSR count). The van der Waals surface area contributed by atoms with Crippen molar-refractivity contribution in [2.75, 3.05) is 0 Å². The largest absolute Gasteiger partial charge is 0.464 e. The molecule has 3 aromatic carbocycles. The molecule has 1 atom stereocenters. The summed E-state index contributed by atoms with van der Waals surface area (Å²) in [7, 11) is 0. The van der Waals surface area contributed by atoms with Crippen molar-refractivity contribution < 1.29 is 18.8 Å². The predicted octanol–water partition coefficient (Wildman–Crippen LogP) is 4.85. The van der Waals surface area contributed by atoms with Crippen molar-refractivity contribution in [3.8, 4) is 0 Å². The molecule has 0 fully saturated rings. The maximum atomic E-state index is 13.6. The van der Waals surface area contributed by atoms with Gasteiger partial charge in [-0.1, -0.05) is 91.0 Å². The lowest BCUT2D eigenvalue weighted by Gasteiger charge is -2.29. The summed E-state index contributed by atoms with van der Waals surface area (Å²) in [6.07, 6.45) is 2.38. The fourth-order valence-corrected chi connectivity index (χ4v) is 4.07. The molecule has 0 aliphatic carbocycles. The normalized spacial score (nSPS) is 11.6. The lowest BCUT2D eigenvalue weighted by molar-refractivity contribution is -0.139. The fourth-order valence-electron chi connectivity index (χ4n) is 4.07. The number of amides is 3. The second-order valence-electron chi connectivity index (χ2n) is 9.04. The third kappa shape index (κ3) is 8.04. The SMILES string of the molecule is Cc1ccc(C(C(=O)NCc2ccccc2)N(Cc2ccccc2)C(=O)/C=C\C(=O)NCc2ccccc2)o1. The topological polar surface area (TPSA) is 91.7 Å². The Labute approximate surface area is 228 Å². The van der Waals surface area contributed by atoms with E-state index >= 15 is 0 Å². The molecule has 1 heterocycles. The van der Waals surface area contributed by atoms with E-state index < -0.39 is 17.9 Å². The van der Waals surface area contributed by atoms with Crippen LogP contribution in [0.1, 0.15) is 34.3 Å². The Morgan fingerprint density at radius 3 is 1.79 bits per heavy atom. The zero-order chi connectivity index (χ0) is 27.5. The number of hydrogen-bond acceptors (Lipinski definition) is 4. The Bertz CT molecular complexity index is 1400. The highest BCUT2D eigenvalue weighted by molar-refractivity contribution is 5.98. The van der Waals surface area contributed by atoms with E-state index in [9.17, 15) is 14.4 Å². The number of nitrogens with one attached hydrogen (secondary N) is 2. The molecule has 0 aliphatic rings. The number of rotatable bonds is 11. The van der Waals surface area contributed by atoms with Crippen LogP contribution in [0.2, 0.25) is 0 Å². The zero-order valence-electron chi connectivity index (χ0n) is 21.7. The van der Waals surface area contributed by atoms with Gasteiger partial charge in [0, 0.05) is 31.8 Å². The first kappa shape index (κ1) is 27.1. The summed E-state index contributed by atoms with van der Waals surface area (Å²) >= 11 is 0. The average molecular weight is 522 g/mol. The Hall–Kier alpha value is -4.91. The molecule has 39 heavy (non-hydrogen) atoms. The Morgan fingerprint density at radius 2 is 1.26 bits per heavy atom. The molecule has 0 aliphatic heterocycles. The van der Waals surface area contributed by atoms with Crippen LogP contribution in [0.25, 0.3) is 0 Å². The summed E-state index contributed by atoms with van der Waals surface area (Å²) in [5.41, 5.74) is 2.70. The zero-order valence-corrected chi connectivity index (χ0v) is 21.7. The van der Waals surface area contributed by atoms with Crippen molar-refractivity contribution in [3.63, 3.8) is 0 Å². The first-order valence-electron chi connectivity index (χ1n) is 12.7. The molecule has 7 nitrogen and oxygen atoms in total. The van der Waals surface area contributed by atoms with Gasteiger partial charge in [-0.2, -0.15) is 0 Å². The minimum atomic E-state index is -1.05. The van der Waals surface area contributed by atoms with Gasteiger partial charge in [0.25, 0.3) is 5.91 Å². The number of furan rings is 1. The van der Waals surface area contributed by atoms with Crippen molar-refractivity contribution in [2.45, 2.75) is 32.6 Å². The Kier molecular flexibility index (Phi) is 9.45. The highest BCUT2D eigenvalue weighted by Crippen LogP contribution is 2.26. The lowest BCUT2D eigenvalue weighted by Crippen LogP contribution is -2.42. The number of carbonyl (C=O) groups is 3. The minimum Gasteiger partial charge on any atom is -0.464 e. The molecular formula is C32H31N3O4. The molecule has 3 amide bonds. The summed E-state index contributed by atoms with van der Waals surface area (Å²) < 4.78 is 5.84. The van der Waals surface area contributed by atoms with Crippen molar-refractivity contribution in [2.24, 2.45) is 0 Å². The fraction of sp³-hybridized carbons (Fsp3) is 0.156. The van der Waals surface area contributed by atoms with Gasteiger partial charge in [-0.05, 0) is 35.7 Å². The van der Waals surface area contributed by atoms with Gasteiger partial charge in [-0.25, -0.2) is 0 Å². The molecular weight excluding hydrogens is 490 g/mol. The number of carbonyl (C=O) groups excluding carboxylic acids is 3. The summed E-state index contributed by atoms with van der Waals surface area (Å²) in [5, 5.41) is 5.71. The molecule has 2 N–H and O–H groups in total. The van der Waals surface area contributed by atoms with Gasteiger partial charge in [0.05, 0.1) is 0 Å². The molecule has 0 bridgehead atoms. The van der Waals surface area contributed by atoms with Crippen LogP contribution in [-0.2, 0) is 34.0 Å². The van der Waals surface area contributed by atoms with E-state index in [2.05, 4.69) is 10.6 Å². The monoisotopic (exact) mass is 521 g/mol. The first-order chi connectivity index (χ1) is 19.0. The average Bonchev–Trinajstić information content (AvgIpc) is 3.40. The quantitative estimate of drug-likeness (QED) is 0.276. The van der Waals surface area contributed by atoms with Crippen molar-refractivity contribution in [1.82, 2.24) is 15.5 Å². The molecule has 198 valence electrons. The van der Waals surface area contributed by atoms with Crippen molar-refractivity contribution >= 4 is 17.7 Å². The van der Waals surface area contributed by atoms with E-state index in [1.807, 2.05) is 91.0 Å². The minimum absolute atomic E-state index is 0.138. The summed E-state index contributed by atoms with van der Waals surface area (Å²) in [5.74, 6) is -0.342. The summed E-state index contributed by atoms with van der Waals surface area (Å²) in [6.45, 7) is 2.55. The molecule has 1 unspecified atom stereocenters. The molecule has 7 heteroatoms. The second kappa shape index (κ2) is 13.6. The Morgan fingerprint density at radius 1 is 0.718 bits per heavy atom. The maximum Gasteiger partial charge on any atom is 0.251 e. The van der Waals surface area contributed by atoms with Gasteiger partial charge in [0.1, 0.15) is 11.5 Å². The number of aryl methyl sites for hydroxylation is 1. The van der Waals surface area contributed by atoms with E-state index in [0.717, 1.165) is 16.7 Å². The Balaban J connectivity index is 1.56. The van der Waals surface area contributed by atoms with E-state index in [4.69, 9.17) is 4.42 Å². The molecule has 1 aromatic heterocycles. The molecule has 4 aromatic rings. The van der Waals surface area contributed by atoms with Crippen molar-refractivity contribution in [3.05, 3.63) is 143 Å². The van der Waals surface area contributed by atoms with Crippen LogP contribution in [0, 0.1) is 6.92 Å². The van der Waals surface area contributed by atoms with E-state index in [1.165, 1.54) is 17.1 Å². The summed E-state index contributed by atoms with van der Waals surface area (Å²) in [4.78, 5) is 41.0. The van der Waals surface area contributed by atoms with Crippen LogP contribution in [0.5, 0.6) is 0 Å². The number of hydrogen-bond donors (Lipinski definition) is 2. The standard InChI is InChI=1S/C32H31N3O4/c1-24-17-18-28(39-24)31(32(38)34-22-26-13-7-3-8-14-26)35(23-27-15-9-4-10-16-27)30(37)20-19-29(36)33-21-25-11-5-2-6-12-25/h2-20,31H,21-23H2,1H3,(H,33,36)(H,34,38)/b20-19-. The van der Waals surface area contributed by atoms with Gasteiger partial charge in [-0.3, -0.25) is 14.4 Å². The van der Waals surface area contributed by atoms with Crippen LogP contribution < -0.4 is 10.6 Å². The highest BCUT2D eigenvalue weighted by atomic mass is 16.3. The number of nitrogens with zero attached hydrogens (tertiary/aromatic N) is 1. The smallest absolute Gasteiger partial charge is 0.251 e. The molecule has 0 radical (unpaired) electrons. The van der Waals surface area contributed by atoms with Crippen molar-refractivity contribution in [1.29, 1.82) is 0 Å². The number of benzene rings is 3. The molecule has 0 saturated heterocycles. The van der Waals surface area contributed by atoms with E-state index in [0.29, 0.717) is 24.6 Å². The van der Waals surface area contributed by atoms with Gasteiger partial charge < -0.3 is 20.0 Å². The van der Waals surface area contributed by atoms with E-state index in [-0.39, 0.29) is 12.5 Å². The van der Waals surface area contributed by atoms with Crippen LogP contribution in [0.3, 0.4) is 0 Å². The lowest BCUT2D eigenvalue weighted by atomic mass is 10.1. The predicted molar refractivity (Wildman–Crippen MR) is 149 cm³/mol. The summed E-state index contributed by atoms with van der Waals surface area (Å²) in [6, 6.07) is 30.8. The second-order valence-corrected chi connectivity index (χ2v) is 9.04. The van der Waals surface area contributed by atoms with E-state index in [1.54, 1.807) is 19.1 Å². The van der Waals surface area contributed by atoms with Crippen LogP contribution >= 0.6 is 0 Å². The third-order valence-corrected chi connectivity index (χ3v) is 6.07. The van der Waals surface area contributed by atoms with Gasteiger partial charge in [0.2, 0.25) is 11.8 Å². The molecule has 0 spiro atoms. The maximum absolute atomic E-state index is 13.6. The van der Waals surface area contributed by atoms with Crippen LogP contribution in [-0.4, -0.2) is 22.6 Å². The van der Waals surface area contributed by atoms with Gasteiger partial charge in [-0.15, -0.1) is 0 Å². The third-order valence-electron chi connectivity index (χ3n) is 6.07. The first-order valence-corrected chi connectivity index (χ1v) is 12.7. The highest BCUT2D eigenvalue weighted by Gasteiger charge is 2.33. The molecule has 0 saturated carbocycles.